The van der Waals surface area contributed by atoms with Crippen LogP contribution in [0.2, 0.25) is 0 Å². The largest absolute Gasteiger partial charge is 0.451 e. The van der Waals surface area contributed by atoms with Gasteiger partial charge in [-0.2, -0.15) is 0 Å². The molecular formula is C25H16BrN3O3. The summed E-state index contributed by atoms with van der Waals surface area (Å²) < 4.78 is 7.67. The molecule has 7 heteroatoms. The smallest absolute Gasteiger partial charge is 0.298 e. The quantitative estimate of drug-likeness (QED) is 0.250. The Morgan fingerprint density at radius 2 is 1.69 bits per heavy atom. The first kappa shape index (κ1) is 20.0. The predicted octanol–water partition coefficient (Wildman–Crippen LogP) is 5.85. The summed E-state index contributed by atoms with van der Waals surface area (Å²) in [5, 5.41) is 2.70. The molecule has 0 bridgehead atoms. The van der Waals surface area contributed by atoms with Gasteiger partial charge in [-0.25, -0.2) is 4.98 Å². The van der Waals surface area contributed by atoms with Gasteiger partial charge in [0.05, 0.1) is 0 Å². The normalized spacial score (nSPS) is 10.9. The number of halogens is 1. The molecule has 5 rings (SSSR count). The molecule has 32 heavy (non-hydrogen) atoms. The van der Waals surface area contributed by atoms with E-state index in [0.717, 1.165) is 21.1 Å². The number of fused-ring (bicyclic) bond motifs is 1. The number of hydrogen-bond acceptors (Lipinski definition) is 4. The van der Waals surface area contributed by atoms with Crippen LogP contribution in [-0.4, -0.2) is 21.1 Å². The van der Waals surface area contributed by atoms with E-state index in [-0.39, 0.29) is 0 Å². The Balaban J connectivity index is 1.47. The third-order valence-electron chi connectivity index (χ3n) is 5.13. The first-order chi connectivity index (χ1) is 15.6. The number of carbonyl (C=O) groups is 2. The van der Waals surface area contributed by atoms with Crippen molar-refractivity contribution in [3.63, 3.8) is 0 Å². The number of benzene rings is 2. The number of rotatable bonds is 5. The maximum atomic E-state index is 13.3. The van der Waals surface area contributed by atoms with Crippen LogP contribution in [0.3, 0.4) is 0 Å². The Bertz CT molecular complexity index is 1420. The maximum absolute atomic E-state index is 13.3. The number of hydrogen-bond donors (Lipinski definition) is 1. The zero-order valence-corrected chi connectivity index (χ0v) is 18.2. The molecule has 3 aromatic heterocycles. The second kappa shape index (κ2) is 8.28. The highest BCUT2D eigenvalue weighted by Crippen LogP contribution is 2.30. The van der Waals surface area contributed by atoms with Crippen molar-refractivity contribution in [2.45, 2.75) is 0 Å². The molecule has 0 spiro atoms. The SMILES string of the molecule is O=C(Nc1ccc(-c2cocn2)cc1)C(=O)c1c(-c2ccc(Br)cc2)cc2ccccn12. The van der Waals surface area contributed by atoms with E-state index in [1.807, 2.05) is 48.5 Å². The second-order valence-corrected chi connectivity index (χ2v) is 8.06. The Hall–Kier alpha value is -3.97. The maximum Gasteiger partial charge on any atom is 0.298 e. The zero-order valence-electron chi connectivity index (χ0n) is 16.7. The van der Waals surface area contributed by atoms with Crippen molar-refractivity contribution in [2.75, 3.05) is 5.32 Å². The Labute approximate surface area is 191 Å². The van der Waals surface area contributed by atoms with E-state index in [1.165, 1.54) is 6.39 Å². The van der Waals surface area contributed by atoms with Crippen LogP contribution in [0, 0.1) is 0 Å². The summed E-state index contributed by atoms with van der Waals surface area (Å²) in [4.78, 5) is 30.3. The van der Waals surface area contributed by atoms with E-state index in [2.05, 4.69) is 26.2 Å². The molecule has 6 nitrogen and oxygen atoms in total. The summed E-state index contributed by atoms with van der Waals surface area (Å²) in [5.41, 5.74) is 4.76. The molecule has 0 radical (unpaired) electrons. The highest BCUT2D eigenvalue weighted by atomic mass is 79.9. The number of anilines is 1. The lowest BCUT2D eigenvalue weighted by molar-refractivity contribution is -0.112. The molecule has 2 aromatic carbocycles. The zero-order chi connectivity index (χ0) is 22.1. The van der Waals surface area contributed by atoms with Crippen molar-refractivity contribution >= 4 is 38.8 Å². The van der Waals surface area contributed by atoms with Crippen LogP contribution in [0.25, 0.3) is 27.9 Å². The highest BCUT2D eigenvalue weighted by molar-refractivity contribution is 9.10. The van der Waals surface area contributed by atoms with Gasteiger partial charge in [-0.05, 0) is 48.0 Å². The molecule has 1 amide bonds. The van der Waals surface area contributed by atoms with Gasteiger partial charge in [0.1, 0.15) is 17.7 Å². The number of nitrogens with one attached hydrogen (secondary N) is 1. The lowest BCUT2D eigenvalue weighted by Crippen LogP contribution is -2.24. The molecule has 0 atom stereocenters. The van der Waals surface area contributed by atoms with Gasteiger partial charge in [0.15, 0.2) is 6.39 Å². The van der Waals surface area contributed by atoms with Crippen molar-refractivity contribution < 1.29 is 14.0 Å². The molecule has 0 saturated heterocycles. The van der Waals surface area contributed by atoms with E-state index in [4.69, 9.17) is 4.42 Å². The number of amides is 1. The van der Waals surface area contributed by atoms with Crippen molar-refractivity contribution in [2.24, 2.45) is 0 Å². The fourth-order valence-electron chi connectivity index (χ4n) is 3.58. The minimum atomic E-state index is -0.707. The average molecular weight is 486 g/mol. The number of nitrogens with zero attached hydrogens (tertiary/aromatic N) is 2. The van der Waals surface area contributed by atoms with Crippen LogP contribution in [0.5, 0.6) is 0 Å². The minimum Gasteiger partial charge on any atom is -0.451 e. The number of carbonyl (C=O) groups excluding carboxylic acids is 2. The molecule has 0 unspecified atom stereocenters. The van der Waals surface area contributed by atoms with Gasteiger partial charge < -0.3 is 14.1 Å². The monoisotopic (exact) mass is 485 g/mol. The van der Waals surface area contributed by atoms with Crippen molar-refractivity contribution in [3.05, 3.63) is 102 Å². The molecule has 0 saturated carbocycles. The second-order valence-electron chi connectivity index (χ2n) is 7.14. The Morgan fingerprint density at radius 1 is 0.938 bits per heavy atom. The van der Waals surface area contributed by atoms with Crippen LogP contribution in [0.4, 0.5) is 5.69 Å². The van der Waals surface area contributed by atoms with Crippen molar-refractivity contribution in [3.8, 4) is 22.4 Å². The lowest BCUT2D eigenvalue weighted by Gasteiger charge is -2.08. The van der Waals surface area contributed by atoms with Gasteiger partial charge in [0.2, 0.25) is 0 Å². The minimum absolute atomic E-state index is 0.319. The van der Waals surface area contributed by atoms with Crippen LogP contribution in [0.1, 0.15) is 10.5 Å². The standard InChI is InChI=1S/C25H16BrN3O3/c26-18-8-4-16(5-9-18)21-13-20-3-1-2-12-29(20)23(21)24(30)25(31)28-19-10-6-17(7-11-19)22-14-32-15-27-22/h1-15H,(H,28,31). The molecule has 0 fully saturated rings. The fourth-order valence-corrected chi connectivity index (χ4v) is 3.84. The molecular weight excluding hydrogens is 470 g/mol. The molecule has 156 valence electrons. The van der Waals surface area contributed by atoms with Gasteiger partial charge >= 0.3 is 0 Å². The number of Topliss-reactive ketones (excluding diaryl/α,β-unsaturated/α-hetero) is 1. The summed E-state index contributed by atoms with van der Waals surface area (Å²) in [6.07, 6.45) is 4.68. The number of ketones is 1. The van der Waals surface area contributed by atoms with E-state index in [9.17, 15) is 9.59 Å². The summed E-state index contributed by atoms with van der Waals surface area (Å²) in [6.45, 7) is 0. The lowest BCUT2D eigenvalue weighted by atomic mass is 10.0. The van der Waals surface area contributed by atoms with Crippen molar-refractivity contribution in [1.29, 1.82) is 0 Å². The van der Waals surface area contributed by atoms with E-state index in [0.29, 0.717) is 22.6 Å². The predicted molar refractivity (Wildman–Crippen MR) is 125 cm³/mol. The van der Waals surface area contributed by atoms with Gasteiger partial charge in [0, 0.05) is 33.0 Å². The molecule has 3 heterocycles. The summed E-state index contributed by atoms with van der Waals surface area (Å²) in [5.74, 6) is -1.32. The molecule has 0 aliphatic carbocycles. The summed E-state index contributed by atoms with van der Waals surface area (Å²) >= 11 is 3.43. The summed E-state index contributed by atoms with van der Waals surface area (Å²) in [6, 6.07) is 22.2. The van der Waals surface area contributed by atoms with E-state index >= 15 is 0 Å². The third kappa shape index (κ3) is 3.74. The highest BCUT2D eigenvalue weighted by Gasteiger charge is 2.25. The number of aromatic nitrogens is 2. The average Bonchev–Trinajstić information content (AvgIpc) is 3.48. The van der Waals surface area contributed by atoms with E-state index in [1.54, 1.807) is 41.1 Å². The topological polar surface area (TPSA) is 76.6 Å². The van der Waals surface area contributed by atoms with Crippen molar-refractivity contribution in [1.82, 2.24) is 9.38 Å². The number of pyridine rings is 1. The Morgan fingerprint density at radius 3 is 2.41 bits per heavy atom. The Kier molecular flexibility index (Phi) is 5.17. The fraction of sp³-hybridized carbons (Fsp3) is 0. The van der Waals surface area contributed by atoms with Gasteiger partial charge in [-0.15, -0.1) is 0 Å². The first-order valence-corrected chi connectivity index (χ1v) is 10.6. The molecule has 5 aromatic rings. The molecule has 0 aliphatic rings. The van der Waals surface area contributed by atoms with Gasteiger partial charge in [-0.1, -0.05) is 46.3 Å². The van der Waals surface area contributed by atoms with E-state index < -0.39 is 11.7 Å². The molecule has 0 aliphatic heterocycles. The van der Waals surface area contributed by atoms with Gasteiger partial charge in [0.25, 0.3) is 11.7 Å². The van der Waals surface area contributed by atoms with Crippen LogP contribution in [0.15, 0.2) is 101 Å². The third-order valence-corrected chi connectivity index (χ3v) is 5.66. The van der Waals surface area contributed by atoms with Crippen LogP contribution >= 0.6 is 15.9 Å². The van der Waals surface area contributed by atoms with Gasteiger partial charge in [-0.3, -0.25) is 9.59 Å². The number of oxazole rings is 1. The van der Waals surface area contributed by atoms with Crippen LogP contribution < -0.4 is 5.32 Å². The summed E-state index contributed by atoms with van der Waals surface area (Å²) in [7, 11) is 0. The van der Waals surface area contributed by atoms with Crippen LogP contribution in [-0.2, 0) is 4.79 Å². The molecule has 1 N–H and O–H groups in total. The first-order valence-electron chi connectivity index (χ1n) is 9.80.